The van der Waals surface area contributed by atoms with Crippen molar-refractivity contribution in [1.29, 1.82) is 0 Å². The molecule has 172 valence electrons. The van der Waals surface area contributed by atoms with Crippen molar-refractivity contribution >= 4 is 17.5 Å². The SMILES string of the molecule is COc1cc(C(=O)NCCc2cc(F)cc3c2OCOC3)ccc1OCc1ccccc1Cl. The zero-order valence-electron chi connectivity index (χ0n) is 18.0. The van der Waals surface area contributed by atoms with Gasteiger partial charge in [0, 0.05) is 28.3 Å². The second-order valence-corrected chi connectivity index (χ2v) is 7.82. The Labute approximate surface area is 196 Å². The molecule has 1 N–H and O–H groups in total. The minimum Gasteiger partial charge on any atom is -0.493 e. The fourth-order valence-corrected chi connectivity index (χ4v) is 3.74. The first-order chi connectivity index (χ1) is 16.0. The molecule has 6 nitrogen and oxygen atoms in total. The molecule has 0 radical (unpaired) electrons. The van der Waals surface area contributed by atoms with Crippen molar-refractivity contribution in [3.05, 3.63) is 87.7 Å². The maximum absolute atomic E-state index is 13.9. The van der Waals surface area contributed by atoms with Gasteiger partial charge in [-0.3, -0.25) is 4.79 Å². The molecule has 0 spiro atoms. The lowest BCUT2D eigenvalue weighted by Gasteiger charge is -2.21. The summed E-state index contributed by atoms with van der Waals surface area (Å²) >= 11 is 6.17. The Bertz CT molecular complexity index is 1150. The molecule has 1 amide bonds. The molecule has 0 fully saturated rings. The summed E-state index contributed by atoms with van der Waals surface area (Å²) in [5.41, 5.74) is 2.62. The van der Waals surface area contributed by atoms with Crippen LogP contribution in [0.25, 0.3) is 0 Å². The van der Waals surface area contributed by atoms with E-state index >= 15 is 0 Å². The molecule has 1 heterocycles. The van der Waals surface area contributed by atoms with Gasteiger partial charge in [-0.25, -0.2) is 4.39 Å². The zero-order chi connectivity index (χ0) is 23.2. The molecule has 8 heteroatoms. The van der Waals surface area contributed by atoms with Crippen molar-refractivity contribution < 1.29 is 28.1 Å². The lowest BCUT2D eigenvalue weighted by atomic mass is 10.1. The molecular weight excluding hydrogens is 449 g/mol. The number of amides is 1. The van der Waals surface area contributed by atoms with E-state index in [9.17, 15) is 9.18 Å². The highest BCUT2D eigenvalue weighted by Crippen LogP contribution is 2.31. The molecule has 0 unspecified atom stereocenters. The van der Waals surface area contributed by atoms with Gasteiger partial charge in [0.05, 0.1) is 13.7 Å². The number of fused-ring (bicyclic) bond motifs is 1. The molecular formula is C25H23ClFNO5. The first-order valence-corrected chi connectivity index (χ1v) is 10.8. The van der Waals surface area contributed by atoms with E-state index in [1.807, 2.05) is 18.2 Å². The minimum absolute atomic E-state index is 0.128. The summed E-state index contributed by atoms with van der Waals surface area (Å²) < 4.78 is 35.8. The van der Waals surface area contributed by atoms with E-state index in [1.54, 1.807) is 24.3 Å². The number of hydrogen-bond acceptors (Lipinski definition) is 5. The van der Waals surface area contributed by atoms with Crippen LogP contribution in [0.3, 0.4) is 0 Å². The predicted molar refractivity (Wildman–Crippen MR) is 121 cm³/mol. The van der Waals surface area contributed by atoms with Gasteiger partial charge in [-0.15, -0.1) is 0 Å². The normalized spacial score (nSPS) is 12.5. The number of carbonyl (C=O) groups is 1. The molecule has 0 atom stereocenters. The van der Waals surface area contributed by atoms with Crippen molar-refractivity contribution in [3.8, 4) is 17.2 Å². The highest BCUT2D eigenvalue weighted by Gasteiger charge is 2.17. The zero-order valence-corrected chi connectivity index (χ0v) is 18.8. The Kier molecular flexibility index (Phi) is 7.32. The van der Waals surface area contributed by atoms with Crippen LogP contribution in [-0.2, 0) is 24.4 Å². The van der Waals surface area contributed by atoms with Gasteiger partial charge in [0.2, 0.25) is 0 Å². The quantitative estimate of drug-likeness (QED) is 0.506. The van der Waals surface area contributed by atoms with E-state index in [0.717, 1.165) is 5.56 Å². The first-order valence-electron chi connectivity index (χ1n) is 10.4. The molecule has 0 saturated heterocycles. The first kappa shape index (κ1) is 22.9. The summed E-state index contributed by atoms with van der Waals surface area (Å²) in [5.74, 6) is 0.919. The van der Waals surface area contributed by atoms with Gasteiger partial charge in [-0.1, -0.05) is 29.8 Å². The standard InChI is InChI=1S/C25H23ClFNO5/c1-30-23-12-17(6-7-22(23)32-14-18-4-2-3-5-21(18)26)25(29)28-9-8-16-10-20(27)11-19-13-31-15-33-24(16)19/h2-7,10-12H,8-9,13-15H2,1H3,(H,28,29). The van der Waals surface area contributed by atoms with Gasteiger partial charge in [-0.2, -0.15) is 0 Å². The van der Waals surface area contributed by atoms with Crippen LogP contribution in [0.4, 0.5) is 4.39 Å². The molecule has 0 saturated carbocycles. The number of carbonyl (C=O) groups excluding carboxylic acids is 1. The van der Waals surface area contributed by atoms with Gasteiger partial charge in [0.25, 0.3) is 5.91 Å². The van der Waals surface area contributed by atoms with Crippen molar-refractivity contribution in [1.82, 2.24) is 5.32 Å². The summed E-state index contributed by atoms with van der Waals surface area (Å²) in [6, 6.07) is 15.2. The van der Waals surface area contributed by atoms with Crippen LogP contribution >= 0.6 is 11.6 Å². The van der Waals surface area contributed by atoms with Crippen LogP contribution in [0.2, 0.25) is 5.02 Å². The third kappa shape index (κ3) is 5.56. The lowest BCUT2D eigenvalue weighted by Crippen LogP contribution is -2.26. The third-order valence-corrected chi connectivity index (χ3v) is 5.57. The van der Waals surface area contributed by atoms with E-state index in [-0.39, 0.29) is 25.1 Å². The molecule has 1 aliphatic rings. The smallest absolute Gasteiger partial charge is 0.251 e. The van der Waals surface area contributed by atoms with E-state index in [4.69, 9.17) is 30.5 Å². The van der Waals surface area contributed by atoms with Crippen LogP contribution in [0, 0.1) is 5.82 Å². The van der Waals surface area contributed by atoms with Crippen LogP contribution < -0.4 is 19.5 Å². The van der Waals surface area contributed by atoms with Gasteiger partial charge < -0.3 is 24.3 Å². The van der Waals surface area contributed by atoms with Gasteiger partial charge in [0.1, 0.15) is 18.2 Å². The molecule has 1 aliphatic heterocycles. The second-order valence-electron chi connectivity index (χ2n) is 7.42. The Morgan fingerprint density at radius 3 is 2.79 bits per heavy atom. The largest absolute Gasteiger partial charge is 0.493 e. The highest BCUT2D eigenvalue weighted by molar-refractivity contribution is 6.31. The van der Waals surface area contributed by atoms with Gasteiger partial charge in [0.15, 0.2) is 18.3 Å². The number of ether oxygens (including phenoxy) is 4. The number of halogens is 2. The van der Waals surface area contributed by atoms with E-state index in [1.165, 1.54) is 19.2 Å². The lowest BCUT2D eigenvalue weighted by molar-refractivity contribution is -0.0172. The van der Waals surface area contributed by atoms with E-state index in [2.05, 4.69) is 5.32 Å². The maximum Gasteiger partial charge on any atom is 0.251 e. The second kappa shape index (κ2) is 10.6. The van der Waals surface area contributed by atoms with Crippen LogP contribution in [-0.4, -0.2) is 26.4 Å². The average Bonchev–Trinajstić information content (AvgIpc) is 2.83. The van der Waals surface area contributed by atoms with Gasteiger partial charge >= 0.3 is 0 Å². The summed E-state index contributed by atoms with van der Waals surface area (Å²) in [6.07, 6.45) is 0.419. The van der Waals surface area contributed by atoms with Crippen molar-refractivity contribution in [2.45, 2.75) is 19.6 Å². The van der Waals surface area contributed by atoms with Crippen LogP contribution in [0.15, 0.2) is 54.6 Å². The van der Waals surface area contributed by atoms with Crippen molar-refractivity contribution in [3.63, 3.8) is 0 Å². The molecule has 33 heavy (non-hydrogen) atoms. The molecule has 4 rings (SSSR count). The summed E-state index contributed by atoms with van der Waals surface area (Å²) in [5, 5.41) is 3.46. The summed E-state index contributed by atoms with van der Waals surface area (Å²) in [6.45, 7) is 1.01. The van der Waals surface area contributed by atoms with Gasteiger partial charge in [-0.05, 0) is 48.4 Å². The third-order valence-electron chi connectivity index (χ3n) is 5.20. The minimum atomic E-state index is -0.360. The van der Waals surface area contributed by atoms with Crippen molar-refractivity contribution in [2.75, 3.05) is 20.4 Å². The molecule has 0 aliphatic carbocycles. The van der Waals surface area contributed by atoms with Crippen LogP contribution in [0.1, 0.15) is 27.0 Å². The average molecular weight is 472 g/mol. The molecule has 3 aromatic rings. The fraction of sp³-hybridized carbons (Fsp3) is 0.240. The van der Waals surface area contributed by atoms with E-state index < -0.39 is 0 Å². The maximum atomic E-state index is 13.9. The Morgan fingerprint density at radius 1 is 1.12 bits per heavy atom. The Morgan fingerprint density at radius 2 is 1.97 bits per heavy atom. The highest BCUT2D eigenvalue weighted by atomic mass is 35.5. The molecule has 0 aromatic heterocycles. The van der Waals surface area contributed by atoms with Crippen molar-refractivity contribution in [2.24, 2.45) is 0 Å². The number of methoxy groups -OCH3 is 1. The molecule has 3 aromatic carbocycles. The topological polar surface area (TPSA) is 66.0 Å². The number of benzene rings is 3. The number of rotatable bonds is 8. The number of hydrogen-bond donors (Lipinski definition) is 1. The predicted octanol–water partition coefficient (Wildman–Crippen LogP) is 4.91. The molecule has 0 bridgehead atoms. The fourth-order valence-electron chi connectivity index (χ4n) is 3.55. The van der Waals surface area contributed by atoms with Crippen LogP contribution in [0.5, 0.6) is 17.2 Å². The summed E-state index contributed by atoms with van der Waals surface area (Å²) in [7, 11) is 1.51. The monoisotopic (exact) mass is 471 g/mol. The Balaban J connectivity index is 1.38. The number of nitrogens with one attached hydrogen (secondary N) is 1. The Hall–Kier alpha value is -3.29. The summed E-state index contributed by atoms with van der Waals surface area (Å²) in [4.78, 5) is 12.6. The van der Waals surface area contributed by atoms with E-state index in [0.29, 0.717) is 58.5 Å².